The van der Waals surface area contributed by atoms with E-state index in [9.17, 15) is 14.9 Å². The minimum atomic E-state index is -0.612. The van der Waals surface area contributed by atoms with Gasteiger partial charge in [-0.1, -0.05) is 30.9 Å². The summed E-state index contributed by atoms with van der Waals surface area (Å²) < 4.78 is 1.80. The van der Waals surface area contributed by atoms with Crippen molar-refractivity contribution in [3.63, 3.8) is 0 Å². The standard InChI is InChI=1S/C16H17ClN4O3/c17-11-6-7-13(14(10-11)21(23)24)16(22)19-15-8-9-18-20(15)12-4-2-1-3-5-12/h6-10,12H,1-5H2,(H,19,22). The fourth-order valence-corrected chi connectivity index (χ4v) is 3.23. The minimum Gasteiger partial charge on any atom is -0.307 e. The number of benzene rings is 1. The number of hydrogen-bond acceptors (Lipinski definition) is 4. The van der Waals surface area contributed by atoms with Crippen LogP contribution in [0.5, 0.6) is 0 Å². The highest BCUT2D eigenvalue weighted by Crippen LogP contribution is 2.30. The summed E-state index contributed by atoms with van der Waals surface area (Å²) in [5.74, 6) is 0.00655. The van der Waals surface area contributed by atoms with Crippen molar-refractivity contribution >= 4 is 29.0 Å². The van der Waals surface area contributed by atoms with Crippen molar-refractivity contribution in [1.29, 1.82) is 0 Å². The lowest BCUT2D eigenvalue weighted by molar-refractivity contribution is -0.385. The Hall–Kier alpha value is -2.41. The van der Waals surface area contributed by atoms with Gasteiger partial charge in [0.15, 0.2) is 0 Å². The molecule has 1 amide bonds. The molecule has 1 saturated carbocycles. The number of hydrogen-bond donors (Lipinski definition) is 1. The average molecular weight is 349 g/mol. The fraction of sp³-hybridized carbons (Fsp3) is 0.375. The molecule has 0 spiro atoms. The number of aromatic nitrogens is 2. The Morgan fingerprint density at radius 1 is 1.29 bits per heavy atom. The molecule has 8 heteroatoms. The van der Waals surface area contributed by atoms with Gasteiger partial charge in [-0.25, -0.2) is 4.68 Å². The normalized spacial score (nSPS) is 15.2. The van der Waals surface area contributed by atoms with Crippen molar-refractivity contribution in [3.8, 4) is 0 Å². The molecule has 1 aromatic carbocycles. The van der Waals surface area contributed by atoms with E-state index in [1.807, 2.05) is 0 Å². The monoisotopic (exact) mass is 348 g/mol. The molecule has 1 aliphatic carbocycles. The zero-order valence-corrected chi connectivity index (χ0v) is 13.7. The number of anilines is 1. The molecule has 1 heterocycles. The van der Waals surface area contributed by atoms with E-state index in [0.29, 0.717) is 5.82 Å². The van der Waals surface area contributed by atoms with Crippen LogP contribution in [-0.4, -0.2) is 20.6 Å². The molecule has 0 saturated heterocycles. The van der Waals surface area contributed by atoms with Gasteiger partial charge in [0.25, 0.3) is 11.6 Å². The molecule has 1 N–H and O–H groups in total. The van der Waals surface area contributed by atoms with Crippen LogP contribution in [0.25, 0.3) is 0 Å². The lowest BCUT2D eigenvalue weighted by atomic mass is 9.96. The van der Waals surface area contributed by atoms with Crippen LogP contribution in [0.15, 0.2) is 30.5 Å². The molecule has 0 radical (unpaired) electrons. The third-order valence-electron chi connectivity index (χ3n) is 4.23. The Bertz CT molecular complexity index is 768. The van der Waals surface area contributed by atoms with Crippen molar-refractivity contribution in [1.82, 2.24) is 9.78 Å². The molecule has 24 heavy (non-hydrogen) atoms. The van der Waals surface area contributed by atoms with Gasteiger partial charge in [-0.2, -0.15) is 5.10 Å². The highest BCUT2D eigenvalue weighted by atomic mass is 35.5. The summed E-state index contributed by atoms with van der Waals surface area (Å²) in [7, 11) is 0. The molecule has 2 aromatic rings. The molecular formula is C16H17ClN4O3. The Kier molecular flexibility index (Phi) is 4.80. The van der Waals surface area contributed by atoms with Gasteiger partial charge < -0.3 is 5.32 Å². The number of nitrogens with zero attached hydrogens (tertiary/aromatic N) is 3. The van der Waals surface area contributed by atoms with Crippen molar-refractivity contribution in [2.24, 2.45) is 0 Å². The molecule has 0 aliphatic heterocycles. The first kappa shape index (κ1) is 16.4. The Morgan fingerprint density at radius 2 is 2.04 bits per heavy atom. The summed E-state index contributed by atoms with van der Waals surface area (Å²) in [6, 6.07) is 5.95. The topological polar surface area (TPSA) is 90.1 Å². The van der Waals surface area contributed by atoms with E-state index < -0.39 is 10.8 Å². The van der Waals surface area contributed by atoms with E-state index in [0.717, 1.165) is 25.7 Å². The molecule has 1 aliphatic rings. The molecule has 0 atom stereocenters. The predicted molar refractivity (Wildman–Crippen MR) is 90.4 cm³/mol. The molecule has 1 fully saturated rings. The highest BCUT2D eigenvalue weighted by molar-refractivity contribution is 6.31. The van der Waals surface area contributed by atoms with Crippen molar-refractivity contribution < 1.29 is 9.72 Å². The van der Waals surface area contributed by atoms with Crippen LogP contribution in [0.3, 0.4) is 0 Å². The predicted octanol–water partition coefficient (Wildman–Crippen LogP) is 4.20. The second kappa shape index (κ2) is 7.00. The largest absolute Gasteiger partial charge is 0.307 e. The van der Waals surface area contributed by atoms with Crippen LogP contribution in [0.2, 0.25) is 5.02 Å². The van der Waals surface area contributed by atoms with Crippen LogP contribution in [0.4, 0.5) is 11.5 Å². The van der Waals surface area contributed by atoms with E-state index in [4.69, 9.17) is 11.6 Å². The maximum Gasteiger partial charge on any atom is 0.283 e. The molecular weight excluding hydrogens is 332 g/mol. The number of nitrogens with one attached hydrogen (secondary N) is 1. The minimum absolute atomic E-state index is 0.0270. The van der Waals surface area contributed by atoms with Crippen LogP contribution >= 0.6 is 11.6 Å². The maximum atomic E-state index is 12.5. The van der Waals surface area contributed by atoms with Gasteiger partial charge in [0.05, 0.1) is 17.2 Å². The number of carbonyl (C=O) groups excluding carboxylic acids is 1. The molecule has 126 valence electrons. The van der Waals surface area contributed by atoms with E-state index in [-0.39, 0.29) is 22.3 Å². The fourth-order valence-electron chi connectivity index (χ4n) is 3.06. The highest BCUT2D eigenvalue weighted by Gasteiger charge is 2.23. The van der Waals surface area contributed by atoms with E-state index in [1.54, 1.807) is 16.9 Å². The van der Waals surface area contributed by atoms with Crippen LogP contribution < -0.4 is 5.32 Å². The average Bonchev–Trinajstić information content (AvgIpc) is 3.03. The molecule has 0 unspecified atom stereocenters. The second-order valence-corrected chi connectivity index (χ2v) is 6.26. The van der Waals surface area contributed by atoms with Gasteiger partial charge in [-0.05, 0) is 25.0 Å². The first-order valence-corrected chi connectivity index (χ1v) is 8.23. The molecule has 0 bridgehead atoms. The lowest BCUT2D eigenvalue weighted by Gasteiger charge is -2.23. The molecule has 1 aromatic heterocycles. The molecule has 7 nitrogen and oxygen atoms in total. The summed E-state index contributed by atoms with van der Waals surface area (Å²) in [5.41, 5.74) is -0.343. The molecule has 3 rings (SSSR count). The van der Waals surface area contributed by atoms with E-state index in [1.165, 1.54) is 24.6 Å². The quantitative estimate of drug-likeness (QED) is 0.662. The third kappa shape index (κ3) is 3.41. The van der Waals surface area contributed by atoms with Gasteiger partial charge in [0.1, 0.15) is 11.4 Å². The number of nitro groups is 1. The summed E-state index contributed by atoms with van der Waals surface area (Å²) in [4.78, 5) is 23.0. The number of rotatable bonds is 4. The van der Waals surface area contributed by atoms with E-state index in [2.05, 4.69) is 10.4 Å². The summed E-state index contributed by atoms with van der Waals surface area (Å²) in [5, 5.41) is 18.4. The van der Waals surface area contributed by atoms with Crippen molar-refractivity contribution in [2.45, 2.75) is 38.1 Å². The van der Waals surface area contributed by atoms with Crippen molar-refractivity contribution in [2.75, 3.05) is 5.32 Å². The van der Waals surface area contributed by atoms with Gasteiger partial charge in [0.2, 0.25) is 0 Å². The summed E-state index contributed by atoms with van der Waals surface area (Å²) in [6.07, 6.45) is 7.16. The number of carbonyl (C=O) groups is 1. The first-order chi connectivity index (χ1) is 11.6. The summed E-state index contributed by atoms with van der Waals surface area (Å²) in [6.45, 7) is 0. The maximum absolute atomic E-state index is 12.5. The van der Waals surface area contributed by atoms with Crippen molar-refractivity contribution in [3.05, 3.63) is 51.2 Å². The van der Waals surface area contributed by atoms with Gasteiger partial charge in [-0.3, -0.25) is 14.9 Å². The first-order valence-electron chi connectivity index (χ1n) is 7.85. The SMILES string of the molecule is O=C(Nc1ccnn1C1CCCCC1)c1ccc(Cl)cc1[N+](=O)[O-]. The zero-order chi connectivity index (χ0) is 17.1. The van der Waals surface area contributed by atoms with Gasteiger partial charge >= 0.3 is 0 Å². The Labute approximate surface area is 143 Å². The van der Waals surface area contributed by atoms with E-state index >= 15 is 0 Å². The van der Waals surface area contributed by atoms with Gasteiger partial charge in [0, 0.05) is 17.2 Å². The second-order valence-electron chi connectivity index (χ2n) is 5.83. The van der Waals surface area contributed by atoms with Crippen LogP contribution in [-0.2, 0) is 0 Å². The number of amides is 1. The van der Waals surface area contributed by atoms with Gasteiger partial charge in [-0.15, -0.1) is 0 Å². The Balaban J connectivity index is 1.84. The van der Waals surface area contributed by atoms with Crippen LogP contribution in [0.1, 0.15) is 48.5 Å². The number of nitro benzene ring substituents is 1. The third-order valence-corrected chi connectivity index (χ3v) is 4.47. The number of halogens is 1. The Morgan fingerprint density at radius 3 is 2.75 bits per heavy atom. The lowest BCUT2D eigenvalue weighted by Crippen LogP contribution is -2.20. The summed E-state index contributed by atoms with van der Waals surface area (Å²) >= 11 is 5.78. The van der Waals surface area contributed by atoms with Crippen LogP contribution in [0, 0.1) is 10.1 Å². The smallest absolute Gasteiger partial charge is 0.283 e. The zero-order valence-electron chi connectivity index (χ0n) is 12.9.